The highest BCUT2D eigenvalue weighted by Crippen LogP contribution is 2.19. The molecule has 0 unspecified atom stereocenters. The average Bonchev–Trinajstić information content (AvgIpc) is 2.86. The number of esters is 1. The fourth-order valence-electron chi connectivity index (χ4n) is 3.61. The zero-order valence-corrected chi connectivity index (χ0v) is 22.1. The van der Waals surface area contributed by atoms with Gasteiger partial charge < -0.3 is 24.2 Å². The molecular formula is C26H35N3O9. The van der Waals surface area contributed by atoms with E-state index in [1.807, 2.05) is 0 Å². The first-order valence-corrected chi connectivity index (χ1v) is 12.2. The third-order valence-electron chi connectivity index (χ3n) is 5.82. The molecule has 38 heavy (non-hydrogen) atoms. The summed E-state index contributed by atoms with van der Waals surface area (Å²) in [4.78, 5) is 61.3. The number of hydrogen-bond acceptors (Lipinski definition) is 9. The summed E-state index contributed by atoms with van der Waals surface area (Å²) in [6.45, 7) is 6.58. The molecule has 1 atom stereocenters. The van der Waals surface area contributed by atoms with Crippen LogP contribution in [0.3, 0.4) is 0 Å². The Balaban J connectivity index is 1.79. The lowest BCUT2D eigenvalue weighted by Crippen LogP contribution is -2.43. The van der Waals surface area contributed by atoms with Crippen LogP contribution in [0.5, 0.6) is 0 Å². The molecule has 0 saturated carbocycles. The molecule has 12 heteroatoms. The Morgan fingerprint density at radius 1 is 1.05 bits per heavy atom. The summed E-state index contributed by atoms with van der Waals surface area (Å²) in [5, 5.41) is 18.9. The molecule has 1 aromatic carbocycles. The van der Waals surface area contributed by atoms with E-state index in [-0.39, 0.29) is 36.7 Å². The highest BCUT2D eigenvalue weighted by Gasteiger charge is 2.28. The number of rotatable bonds is 10. The van der Waals surface area contributed by atoms with E-state index >= 15 is 0 Å². The van der Waals surface area contributed by atoms with Crippen molar-refractivity contribution >= 4 is 35.6 Å². The highest BCUT2D eigenvalue weighted by molar-refractivity contribution is 6.05. The van der Waals surface area contributed by atoms with Gasteiger partial charge in [0.1, 0.15) is 12.4 Å². The SMILES string of the molecule is C[C@H](CC(=O)c1ccc(C(=N)NC(=O)OCOC(=O)C(C)(C)C)cc1)C(=O)N1CCC(OCC(=O)O)CC1. The standard InChI is InChI=1S/C26H35N3O9/c1-16(23(33)29-11-9-19(10-12-29)36-14-21(31)32)13-20(30)17-5-7-18(8-6-17)22(27)28-25(35)38-15-37-24(34)26(2,3)4/h5-8,16,19H,9-15H2,1-4H3,(H,31,32)(H2,27,28,35)/t16-/m1/s1. The molecule has 0 radical (unpaired) electrons. The number of hydrogen-bond donors (Lipinski definition) is 3. The van der Waals surface area contributed by atoms with Gasteiger partial charge in [-0.1, -0.05) is 31.2 Å². The van der Waals surface area contributed by atoms with Gasteiger partial charge in [0.15, 0.2) is 5.78 Å². The van der Waals surface area contributed by atoms with E-state index < -0.39 is 36.2 Å². The maximum absolute atomic E-state index is 12.8. The molecule has 1 heterocycles. The summed E-state index contributed by atoms with van der Waals surface area (Å²) < 4.78 is 14.9. The Labute approximate surface area is 221 Å². The predicted molar refractivity (Wildman–Crippen MR) is 135 cm³/mol. The molecule has 2 rings (SSSR count). The second-order valence-electron chi connectivity index (χ2n) is 10.1. The molecule has 0 aromatic heterocycles. The van der Waals surface area contributed by atoms with Crippen molar-refractivity contribution in [2.45, 2.75) is 53.1 Å². The minimum Gasteiger partial charge on any atom is -0.480 e. The molecule has 1 fully saturated rings. The maximum atomic E-state index is 12.8. The van der Waals surface area contributed by atoms with Crippen LogP contribution in [-0.2, 0) is 28.6 Å². The van der Waals surface area contributed by atoms with Gasteiger partial charge in [0.2, 0.25) is 12.7 Å². The number of Topliss-reactive ketones (excluding diaryl/α,β-unsaturated/α-hetero) is 1. The number of nitrogens with one attached hydrogen (secondary N) is 2. The minimum absolute atomic E-state index is 0.00291. The maximum Gasteiger partial charge on any atom is 0.415 e. The van der Waals surface area contributed by atoms with Crippen LogP contribution in [0.4, 0.5) is 4.79 Å². The quantitative estimate of drug-likeness (QED) is 0.134. The normalized spacial score (nSPS) is 14.8. The number of amidine groups is 1. The van der Waals surface area contributed by atoms with E-state index in [1.165, 1.54) is 24.3 Å². The first-order valence-electron chi connectivity index (χ1n) is 12.2. The molecule has 1 aliphatic heterocycles. The summed E-state index contributed by atoms with van der Waals surface area (Å²) in [7, 11) is 0. The van der Waals surface area contributed by atoms with Crippen molar-refractivity contribution < 1.29 is 43.3 Å². The van der Waals surface area contributed by atoms with Gasteiger partial charge in [-0.15, -0.1) is 0 Å². The molecule has 1 aliphatic rings. The summed E-state index contributed by atoms with van der Waals surface area (Å²) in [6.07, 6.45) is -0.0930. The molecule has 1 aromatic rings. The van der Waals surface area contributed by atoms with E-state index in [2.05, 4.69) is 5.32 Å². The van der Waals surface area contributed by atoms with Crippen LogP contribution in [-0.4, -0.2) is 78.2 Å². The second kappa shape index (κ2) is 13.7. The van der Waals surface area contributed by atoms with Crippen molar-refractivity contribution in [3.05, 3.63) is 35.4 Å². The van der Waals surface area contributed by atoms with Crippen molar-refractivity contribution in [3.8, 4) is 0 Å². The van der Waals surface area contributed by atoms with E-state index in [9.17, 15) is 24.0 Å². The summed E-state index contributed by atoms with van der Waals surface area (Å²) in [5.41, 5.74) is -0.0607. The number of carboxylic acids is 1. The lowest BCUT2D eigenvalue weighted by atomic mass is 9.96. The third-order valence-corrected chi connectivity index (χ3v) is 5.82. The third kappa shape index (κ3) is 9.58. The van der Waals surface area contributed by atoms with Crippen molar-refractivity contribution in [1.29, 1.82) is 5.41 Å². The second-order valence-corrected chi connectivity index (χ2v) is 10.1. The van der Waals surface area contributed by atoms with Crippen LogP contribution in [0.25, 0.3) is 0 Å². The molecular weight excluding hydrogens is 498 g/mol. The van der Waals surface area contributed by atoms with Crippen LogP contribution < -0.4 is 5.32 Å². The van der Waals surface area contributed by atoms with Gasteiger partial charge in [-0.25, -0.2) is 9.59 Å². The van der Waals surface area contributed by atoms with E-state index in [0.29, 0.717) is 37.1 Å². The van der Waals surface area contributed by atoms with E-state index in [1.54, 1.807) is 32.6 Å². The summed E-state index contributed by atoms with van der Waals surface area (Å²) >= 11 is 0. The molecule has 0 spiro atoms. The van der Waals surface area contributed by atoms with Crippen molar-refractivity contribution in [2.75, 3.05) is 26.5 Å². The van der Waals surface area contributed by atoms with Gasteiger partial charge in [-0.3, -0.25) is 25.1 Å². The van der Waals surface area contributed by atoms with Crippen molar-refractivity contribution in [3.63, 3.8) is 0 Å². The minimum atomic E-state index is -1.03. The lowest BCUT2D eigenvalue weighted by molar-refractivity contribution is -0.161. The van der Waals surface area contributed by atoms with Crippen LogP contribution in [0, 0.1) is 16.7 Å². The number of carbonyl (C=O) groups is 5. The van der Waals surface area contributed by atoms with Gasteiger partial charge in [-0.05, 0) is 33.6 Å². The molecule has 3 N–H and O–H groups in total. The number of carbonyl (C=O) groups excluding carboxylic acids is 4. The van der Waals surface area contributed by atoms with Crippen LogP contribution in [0.15, 0.2) is 24.3 Å². The summed E-state index contributed by atoms with van der Waals surface area (Å²) in [5.74, 6) is -2.77. The number of piperidine rings is 1. The van der Waals surface area contributed by atoms with Crippen molar-refractivity contribution in [2.24, 2.45) is 11.3 Å². The first-order chi connectivity index (χ1) is 17.8. The van der Waals surface area contributed by atoms with Gasteiger partial charge >= 0.3 is 18.0 Å². The number of ether oxygens (including phenoxy) is 3. The van der Waals surface area contributed by atoms with Gasteiger partial charge in [0.05, 0.1) is 11.5 Å². The zero-order valence-electron chi connectivity index (χ0n) is 22.1. The Morgan fingerprint density at radius 3 is 2.18 bits per heavy atom. The first kappa shape index (κ1) is 30.4. The van der Waals surface area contributed by atoms with E-state index in [0.717, 1.165) is 0 Å². The molecule has 208 valence electrons. The zero-order chi connectivity index (χ0) is 28.5. The topological polar surface area (TPSA) is 172 Å². The number of nitrogens with zero attached hydrogens (tertiary/aromatic N) is 1. The fraction of sp³-hybridized carbons (Fsp3) is 0.538. The average molecular weight is 534 g/mol. The monoisotopic (exact) mass is 533 g/mol. The Morgan fingerprint density at radius 2 is 1.63 bits per heavy atom. The molecule has 12 nitrogen and oxygen atoms in total. The van der Waals surface area contributed by atoms with Crippen molar-refractivity contribution in [1.82, 2.24) is 10.2 Å². The fourth-order valence-corrected chi connectivity index (χ4v) is 3.61. The lowest BCUT2D eigenvalue weighted by Gasteiger charge is -2.33. The van der Waals surface area contributed by atoms with Crippen LogP contribution >= 0.6 is 0 Å². The van der Waals surface area contributed by atoms with Crippen LogP contribution in [0.1, 0.15) is 62.9 Å². The number of alkyl carbamates (subject to hydrolysis) is 1. The smallest absolute Gasteiger partial charge is 0.415 e. The Hall–Kier alpha value is -3.80. The van der Waals surface area contributed by atoms with E-state index in [4.69, 9.17) is 24.7 Å². The highest BCUT2D eigenvalue weighted by atomic mass is 16.7. The largest absolute Gasteiger partial charge is 0.480 e. The number of ketones is 1. The number of amides is 2. The van der Waals surface area contributed by atoms with Gasteiger partial charge in [0, 0.05) is 36.6 Å². The number of aliphatic carboxylic acids is 1. The van der Waals surface area contributed by atoms with Gasteiger partial charge in [-0.2, -0.15) is 0 Å². The number of carboxylic acid groups (broad SMARTS) is 1. The Kier molecular flexibility index (Phi) is 10.9. The molecule has 0 bridgehead atoms. The summed E-state index contributed by atoms with van der Waals surface area (Å²) in [6, 6.07) is 5.99. The number of benzene rings is 1. The van der Waals surface area contributed by atoms with Gasteiger partial charge in [0.25, 0.3) is 0 Å². The molecule has 1 saturated heterocycles. The molecule has 0 aliphatic carbocycles. The molecule has 2 amide bonds. The Bertz CT molecular complexity index is 1040. The number of likely N-dealkylation sites (tertiary alicyclic amines) is 1. The van der Waals surface area contributed by atoms with Crippen LogP contribution in [0.2, 0.25) is 0 Å². The predicted octanol–water partition coefficient (Wildman–Crippen LogP) is 2.59.